The summed E-state index contributed by atoms with van der Waals surface area (Å²) in [5, 5.41) is 0. The number of carbonyl (C=O) groups is 1. The Morgan fingerprint density at radius 2 is 1.53 bits per heavy atom. The van der Waals surface area contributed by atoms with Gasteiger partial charge in [0.15, 0.2) is 0 Å². The maximum atomic E-state index is 12.7. The summed E-state index contributed by atoms with van der Waals surface area (Å²) in [5.41, 5.74) is 3.63. The quantitative estimate of drug-likeness (QED) is 0.544. The van der Waals surface area contributed by atoms with Gasteiger partial charge in [0.25, 0.3) is 6.10 Å². The Morgan fingerprint density at radius 3 is 2.06 bits per heavy atom. The Morgan fingerprint density at radius 1 is 0.944 bits per heavy atom. The van der Waals surface area contributed by atoms with Crippen LogP contribution in [-0.4, -0.2) is 98.2 Å². The lowest BCUT2D eigenvalue weighted by molar-refractivity contribution is -0.308. The number of anilines is 1. The second-order valence-corrected chi connectivity index (χ2v) is 9.95. The Kier molecular flexibility index (Phi) is 7.66. The van der Waals surface area contributed by atoms with Gasteiger partial charge in [-0.05, 0) is 42.5 Å². The molecule has 3 heterocycles. The molecule has 0 aliphatic carbocycles. The minimum atomic E-state index is -5.71. The highest BCUT2D eigenvalue weighted by atomic mass is 19.4. The summed E-state index contributed by atoms with van der Waals surface area (Å²) in [6, 6.07) is 6.28. The molecule has 2 atom stereocenters. The Bertz CT molecular complexity index is 904. The maximum Gasteiger partial charge on any atom is 0.434 e. The minimum absolute atomic E-state index is 0.0154. The third-order valence-electron chi connectivity index (χ3n) is 7.60. The summed E-state index contributed by atoms with van der Waals surface area (Å²) < 4.78 is 80.3. The van der Waals surface area contributed by atoms with Crippen LogP contribution < -0.4 is 4.90 Å². The number of piperazine rings is 1. The van der Waals surface area contributed by atoms with Gasteiger partial charge in [-0.1, -0.05) is 19.1 Å². The fraction of sp³-hybridized carbons (Fsp3) is 0.708. The number of likely N-dealkylation sites (tertiary alicyclic amines) is 2. The number of carbonyl (C=O) groups excluding carboxylic acids is 1. The van der Waals surface area contributed by atoms with Crippen LogP contribution in [0.5, 0.6) is 0 Å². The summed E-state index contributed by atoms with van der Waals surface area (Å²) in [7, 11) is 0. The predicted octanol–water partition coefficient (Wildman–Crippen LogP) is 4.13. The molecule has 0 spiro atoms. The molecule has 0 N–H and O–H groups in total. The Labute approximate surface area is 206 Å². The van der Waals surface area contributed by atoms with Crippen molar-refractivity contribution in [1.29, 1.82) is 0 Å². The van der Waals surface area contributed by atoms with Crippen LogP contribution in [0.15, 0.2) is 18.2 Å². The standard InChI is InChI=1S/C24H32F6N4O2/c1-3-31-7-9-33(10-8-31)20-6-4-5-17(16(20)2)11-32-12-18-14-34(15-19(18)13-32)22(35)36-21(23(25,26)27)24(28,29)30/h4-6,18-19,21H,3,7-15H2,1-2H3. The van der Waals surface area contributed by atoms with Gasteiger partial charge in [0, 0.05) is 64.6 Å². The summed E-state index contributed by atoms with van der Waals surface area (Å²) in [6.07, 6.45) is -17.1. The van der Waals surface area contributed by atoms with Crippen molar-refractivity contribution in [3.63, 3.8) is 0 Å². The first-order chi connectivity index (χ1) is 16.9. The smallest absolute Gasteiger partial charge is 0.426 e. The van der Waals surface area contributed by atoms with Crippen molar-refractivity contribution in [3.05, 3.63) is 29.3 Å². The van der Waals surface area contributed by atoms with Crippen LogP contribution in [0.3, 0.4) is 0 Å². The topological polar surface area (TPSA) is 39.3 Å². The van der Waals surface area contributed by atoms with Gasteiger partial charge in [-0.15, -0.1) is 0 Å². The highest BCUT2D eigenvalue weighted by molar-refractivity contribution is 5.68. The second-order valence-electron chi connectivity index (χ2n) is 9.95. The molecule has 1 aromatic rings. The van der Waals surface area contributed by atoms with E-state index in [1.54, 1.807) is 0 Å². The van der Waals surface area contributed by atoms with E-state index >= 15 is 0 Å². The molecule has 3 saturated heterocycles. The molecule has 1 aromatic carbocycles. The Balaban J connectivity index is 1.32. The number of hydrogen-bond acceptors (Lipinski definition) is 5. The molecular formula is C24H32F6N4O2. The van der Waals surface area contributed by atoms with Gasteiger partial charge in [0.2, 0.25) is 0 Å². The number of nitrogens with zero attached hydrogens (tertiary/aromatic N) is 4. The third kappa shape index (κ3) is 5.85. The van der Waals surface area contributed by atoms with Gasteiger partial charge in [-0.25, -0.2) is 4.79 Å². The van der Waals surface area contributed by atoms with E-state index in [1.165, 1.54) is 16.8 Å². The zero-order valence-electron chi connectivity index (χ0n) is 20.4. The van der Waals surface area contributed by atoms with Crippen molar-refractivity contribution in [2.45, 2.75) is 38.8 Å². The molecule has 12 heteroatoms. The molecule has 36 heavy (non-hydrogen) atoms. The number of benzene rings is 1. The van der Waals surface area contributed by atoms with Crippen LogP contribution >= 0.6 is 0 Å². The number of ether oxygens (including phenoxy) is 1. The number of amides is 1. The Hall–Kier alpha value is -2.21. The van der Waals surface area contributed by atoms with Crippen LogP contribution in [0.25, 0.3) is 0 Å². The van der Waals surface area contributed by atoms with Crippen molar-refractivity contribution < 1.29 is 35.9 Å². The number of rotatable bonds is 5. The summed E-state index contributed by atoms with van der Waals surface area (Å²) >= 11 is 0. The maximum absolute atomic E-state index is 12.7. The molecule has 0 aromatic heterocycles. The van der Waals surface area contributed by atoms with Crippen LogP contribution in [0.2, 0.25) is 0 Å². The van der Waals surface area contributed by atoms with Gasteiger partial charge in [0.05, 0.1) is 0 Å². The SMILES string of the molecule is CCN1CCN(c2cccc(CN3CC4CN(C(=O)OC(C(F)(F)F)C(F)(F)F)CC4C3)c2C)CC1. The van der Waals surface area contributed by atoms with Crippen molar-refractivity contribution in [2.24, 2.45) is 11.8 Å². The lowest BCUT2D eigenvalue weighted by Gasteiger charge is -2.36. The van der Waals surface area contributed by atoms with Gasteiger partial charge >= 0.3 is 18.4 Å². The zero-order chi connectivity index (χ0) is 26.3. The summed E-state index contributed by atoms with van der Waals surface area (Å²) in [4.78, 5) is 20.1. The molecule has 3 fully saturated rings. The van der Waals surface area contributed by atoms with E-state index in [9.17, 15) is 31.1 Å². The fourth-order valence-electron chi connectivity index (χ4n) is 5.59. The molecule has 202 valence electrons. The van der Waals surface area contributed by atoms with Gasteiger partial charge < -0.3 is 19.4 Å². The largest absolute Gasteiger partial charge is 0.434 e. The van der Waals surface area contributed by atoms with Crippen LogP contribution in [0.4, 0.5) is 36.8 Å². The highest BCUT2D eigenvalue weighted by Gasteiger charge is 2.60. The molecule has 0 bridgehead atoms. The van der Waals surface area contributed by atoms with E-state index in [4.69, 9.17) is 0 Å². The molecule has 0 radical (unpaired) electrons. The number of likely N-dealkylation sites (N-methyl/N-ethyl adjacent to an activating group) is 1. The first-order valence-electron chi connectivity index (χ1n) is 12.2. The van der Waals surface area contributed by atoms with Crippen LogP contribution in [0, 0.1) is 18.8 Å². The van der Waals surface area contributed by atoms with E-state index in [-0.39, 0.29) is 24.9 Å². The lowest BCUT2D eigenvalue weighted by Crippen LogP contribution is -2.48. The third-order valence-corrected chi connectivity index (χ3v) is 7.60. The average Bonchev–Trinajstić information content (AvgIpc) is 3.36. The molecule has 3 aliphatic heterocycles. The fourth-order valence-corrected chi connectivity index (χ4v) is 5.59. The number of hydrogen-bond donors (Lipinski definition) is 0. The van der Waals surface area contributed by atoms with E-state index in [0.717, 1.165) is 37.6 Å². The van der Waals surface area contributed by atoms with E-state index < -0.39 is 24.5 Å². The lowest BCUT2D eigenvalue weighted by atomic mass is 10.0. The van der Waals surface area contributed by atoms with E-state index in [1.807, 2.05) is 0 Å². The summed E-state index contributed by atoms with van der Waals surface area (Å²) in [5.74, 6) is -0.0308. The molecule has 1 amide bonds. The number of fused-ring (bicyclic) bond motifs is 1. The van der Waals surface area contributed by atoms with Crippen molar-refractivity contribution in [1.82, 2.24) is 14.7 Å². The van der Waals surface area contributed by atoms with Crippen molar-refractivity contribution >= 4 is 11.8 Å². The first-order valence-corrected chi connectivity index (χ1v) is 12.2. The molecular weight excluding hydrogens is 490 g/mol. The highest BCUT2D eigenvalue weighted by Crippen LogP contribution is 2.38. The predicted molar refractivity (Wildman–Crippen MR) is 122 cm³/mol. The van der Waals surface area contributed by atoms with Crippen molar-refractivity contribution in [3.8, 4) is 0 Å². The number of alkyl halides is 6. The first kappa shape index (κ1) is 26.8. The van der Waals surface area contributed by atoms with E-state index in [2.05, 4.69) is 51.5 Å². The van der Waals surface area contributed by atoms with Gasteiger partial charge in [0.1, 0.15) is 0 Å². The van der Waals surface area contributed by atoms with E-state index in [0.29, 0.717) is 19.6 Å². The second kappa shape index (κ2) is 10.3. The zero-order valence-corrected chi connectivity index (χ0v) is 20.4. The molecule has 0 saturated carbocycles. The molecule has 2 unspecified atom stereocenters. The van der Waals surface area contributed by atoms with Gasteiger partial charge in [-0.2, -0.15) is 26.3 Å². The van der Waals surface area contributed by atoms with Crippen LogP contribution in [-0.2, 0) is 11.3 Å². The molecule has 6 nitrogen and oxygen atoms in total. The average molecular weight is 523 g/mol. The monoisotopic (exact) mass is 522 g/mol. The summed E-state index contributed by atoms with van der Waals surface area (Å²) in [6.45, 7) is 11.4. The minimum Gasteiger partial charge on any atom is -0.426 e. The van der Waals surface area contributed by atoms with Crippen LogP contribution in [0.1, 0.15) is 18.1 Å². The molecule has 3 aliphatic rings. The normalized spacial score (nSPS) is 24.0. The number of halogens is 6. The van der Waals surface area contributed by atoms with Crippen molar-refractivity contribution in [2.75, 3.05) is 63.8 Å². The van der Waals surface area contributed by atoms with Gasteiger partial charge in [-0.3, -0.25) is 4.90 Å². The molecule has 4 rings (SSSR count).